The fraction of sp³-hybridized carbons (Fsp3) is 0.480. The van der Waals surface area contributed by atoms with Crippen molar-refractivity contribution in [1.29, 1.82) is 0 Å². The standard InChI is InChI=1S/C50H60N14O10S4/c1-4-73-45-24-51-20-38(57-45)42-22-55-49(75-42)47(65)59-40(26-63-12-14-71-28-30(63)3)36-19-33(9-11-53-36)62-78(69,70)44-17-31(44)16-34-29-72-15-13-64(34)27-41(37-18-32(8-10-54-37)61-77(67,68)35-6-7-35)60-48(66)50-56-23-43(76-50)39-21-52-25-46(58-39)74-5-2/h8-11,18-25,30-31,34-35,40-41,44H,4-7,12-17,26-29H2,1-3H3,(H,53,62)(H,54,61)(H,59,65)(H,60,66)/t30-,31?,34-,40-,41+,44?/m1/s1. The molecule has 28 heteroatoms. The molecular weight excluding hydrogens is 1080 g/mol. The van der Waals surface area contributed by atoms with E-state index >= 15 is 0 Å². The highest BCUT2D eigenvalue weighted by molar-refractivity contribution is 7.93. The monoisotopic (exact) mass is 1140 g/mol. The maximum Gasteiger partial charge on any atom is 0.280 e. The summed E-state index contributed by atoms with van der Waals surface area (Å²) < 4.78 is 82.5. The number of pyridine rings is 2. The van der Waals surface area contributed by atoms with Crippen LogP contribution in [0.25, 0.3) is 21.1 Å². The van der Waals surface area contributed by atoms with Crippen LogP contribution in [0.3, 0.4) is 0 Å². The Morgan fingerprint density at radius 2 is 1.23 bits per heavy atom. The summed E-state index contributed by atoms with van der Waals surface area (Å²) in [6.45, 7) is 10.1. The zero-order chi connectivity index (χ0) is 54.4. The van der Waals surface area contributed by atoms with Gasteiger partial charge in [0.25, 0.3) is 11.8 Å². The molecule has 2 saturated heterocycles. The first-order valence-corrected chi connectivity index (χ1v) is 30.5. The van der Waals surface area contributed by atoms with Gasteiger partial charge < -0.3 is 29.6 Å². The number of aromatic nitrogens is 8. The normalized spacial score (nSPS) is 20.8. The van der Waals surface area contributed by atoms with E-state index in [9.17, 15) is 26.4 Å². The lowest BCUT2D eigenvalue weighted by molar-refractivity contribution is -0.0162. The first-order chi connectivity index (χ1) is 37.7. The number of morpholine rings is 2. The van der Waals surface area contributed by atoms with Crippen molar-refractivity contribution < 1.29 is 45.4 Å². The molecule has 78 heavy (non-hydrogen) atoms. The third-order valence-electron chi connectivity index (χ3n) is 13.6. The number of nitrogens with zero attached hydrogens (tertiary/aromatic N) is 10. The van der Waals surface area contributed by atoms with Gasteiger partial charge in [0.2, 0.25) is 31.8 Å². The summed E-state index contributed by atoms with van der Waals surface area (Å²) in [7, 11) is -7.52. The van der Waals surface area contributed by atoms with Crippen LogP contribution in [0.2, 0.25) is 0 Å². The molecule has 8 heterocycles. The first-order valence-electron chi connectivity index (χ1n) is 25.7. The van der Waals surface area contributed by atoms with Gasteiger partial charge >= 0.3 is 0 Å². The predicted molar refractivity (Wildman–Crippen MR) is 290 cm³/mol. The van der Waals surface area contributed by atoms with Crippen LogP contribution in [0.4, 0.5) is 11.4 Å². The van der Waals surface area contributed by atoms with Crippen molar-refractivity contribution in [3.63, 3.8) is 0 Å². The maximum absolute atomic E-state index is 14.2. The zero-order valence-electron chi connectivity index (χ0n) is 43.1. The molecule has 6 atom stereocenters. The molecule has 0 radical (unpaired) electrons. The van der Waals surface area contributed by atoms with Gasteiger partial charge in [-0.2, -0.15) is 0 Å². The van der Waals surface area contributed by atoms with Crippen molar-refractivity contribution in [2.24, 2.45) is 5.92 Å². The topological polar surface area (TPSA) is 297 Å². The molecule has 2 amide bonds. The van der Waals surface area contributed by atoms with E-state index in [1.165, 1.54) is 24.8 Å². The molecule has 0 spiro atoms. The fourth-order valence-corrected chi connectivity index (χ4v) is 14.0. The van der Waals surface area contributed by atoms with Crippen LogP contribution in [0.1, 0.15) is 89.5 Å². The van der Waals surface area contributed by atoms with Gasteiger partial charge in [0.05, 0.1) is 120 Å². The number of sulfonamides is 2. The van der Waals surface area contributed by atoms with Crippen LogP contribution in [0.5, 0.6) is 11.8 Å². The second-order valence-corrected chi connectivity index (χ2v) is 25.2. The van der Waals surface area contributed by atoms with Gasteiger partial charge in [-0.05, 0) is 76.6 Å². The molecule has 414 valence electrons. The molecule has 2 aliphatic heterocycles. The van der Waals surface area contributed by atoms with Gasteiger partial charge in [-0.15, -0.1) is 22.7 Å². The van der Waals surface area contributed by atoms with Crippen molar-refractivity contribution in [2.45, 2.75) is 81.1 Å². The molecule has 4 fully saturated rings. The van der Waals surface area contributed by atoms with E-state index in [0.29, 0.717) is 141 Å². The highest BCUT2D eigenvalue weighted by atomic mass is 32.2. The number of hydrogen-bond acceptors (Lipinski definition) is 22. The Bertz CT molecular complexity index is 3310. The van der Waals surface area contributed by atoms with E-state index in [4.69, 9.17) is 18.9 Å². The Morgan fingerprint density at radius 1 is 0.705 bits per heavy atom. The Kier molecular flexibility index (Phi) is 17.1. The number of carbonyl (C=O) groups is 2. The minimum Gasteiger partial charge on any atom is -0.477 e. The van der Waals surface area contributed by atoms with Gasteiger partial charge in [-0.1, -0.05) is 0 Å². The zero-order valence-corrected chi connectivity index (χ0v) is 46.3. The summed E-state index contributed by atoms with van der Waals surface area (Å²) in [6.07, 6.45) is 14.4. The number of rotatable bonds is 24. The SMILES string of the molecule is CCOc1cncc(-c2cnc(C(=O)N[C@@H](CN3CCOC[C@H]3CC3CC3S(=O)(=O)Nc3ccnc([C@@H](CN4CCOC[C@H]4C)NC(=O)c4ncc(-c5cncc(OCC)n5)s4)c3)c3cc(NS(=O)(=O)C4CC4)ccn3)s2)n1. The van der Waals surface area contributed by atoms with Crippen molar-refractivity contribution in [1.82, 2.24) is 60.3 Å². The van der Waals surface area contributed by atoms with Crippen molar-refractivity contribution in [2.75, 3.05) is 75.3 Å². The largest absolute Gasteiger partial charge is 0.477 e. The molecule has 2 aliphatic carbocycles. The summed E-state index contributed by atoms with van der Waals surface area (Å²) >= 11 is 2.29. The quantitative estimate of drug-likeness (QED) is 0.0644. The van der Waals surface area contributed by atoms with E-state index in [-0.39, 0.29) is 34.6 Å². The predicted octanol–water partition coefficient (Wildman–Crippen LogP) is 4.59. The highest BCUT2D eigenvalue weighted by Gasteiger charge is 2.49. The number of hydrogen-bond donors (Lipinski definition) is 4. The lowest BCUT2D eigenvalue weighted by Crippen LogP contribution is -2.49. The number of ether oxygens (including phenoxy) is 4. The van der Waals surface area contributed by atoms with Gasteiger partial charge in [0, 0.05) is 63.1 Å². The molecule has 2 saturated carbocycles. The van der Waals surface area contributed by atoms with Crippen LogP contribution < -0.4 is 29.6 Å². The molecule has 6 aromatic heterocycles. The molecule has 4 N–H and O–H groups in total. The first kappa shape index (κ1) is 54.9. The average molecular weight is 1150 g/mol. The molecule has 2 unspecified atom stereocenters. The average Bonchev–Trinajstić information content (AvgIpc) is 4.43. The van der Waals surface area contributed by atoms with Crippen LogP contribution in [-0.2, 0) is 29.5 Å². The molecule has 0 bridgehead atoms. The molecule has 0 aromatic carbocycles. The Hall–Kier alpha value is -6.40. The number of thiazole rings is 2. The second-order valence-electron chi connectivity index (χ2n) is 19.3. The van der Waals surface area contributed by atoms with Gasteiger partial charge in [-0.25, -0.2) is 36.8 Å². The summed E-state index contributed by atoms with van der Waals surface area (Å²) in [5, 5.41) is 5.43. The van der Waals surface area contributed by atoms with Gasteiger partial charge in [0.15, 0.2) is 10.0 Å². The van der Waals surface area contributed by atoms with Crippen molar-refractivity contribution in [3.8, 4) is 32.9 Å². The lowest BCUT2D eigenvalue weighted by Gasteiger charge is -2.38. The van der Waals surface area contributed by atoms with Crippen LogP contribution in [0, 0.1) is 5.92 Å². The van der Waals surface area contributed by atoms with Gasteiger partial charge in [0.1, 0.15) is 11.4 Å². The van der Waals surface area contributed by atoms with E-state index < -0.39 is 54.4 Å². The summed E-state index contributed by atoms with van der Waals surface area (Å²) in [5.74, 6) is -0.419. The lowest BCUT2D eigenvalue weighted by atomic mass is 10.1. The van der Waals surface area contributed by atoms with Crippen LogP contribution in [0.15, 0.2) is 73.8 Å². The van der Waals surface area contributed by atoms with E-state index in [1.54, 1.807) is 49.1 Å². The minimum atomic E-state index is -3.91. The maximum atomic E-state index is 14.2. The fourth-order valence-electron chi connectivity index (χ4n) is 9.35. The van der Waals surface area contributed by atoms with E-state index in [0.717, 1.165) is 22.7 Å². The highest BCUT2D eigenvalue weighted by Crippen LogP contribution is 2.43. The summed E-state index contributed by atoms with van der Waals surface area (Å²) in [5.41, 5.74) is 2.51. The van der Waals surface area contributed by atoms with E-state index in [2.05, 4.69) is 69.7 Å². The summed E-state index contributed by atoms with van der Waals surface area (Å²) in [4.78, 5) is 69.1. The van der Waals surface area contributed by atoms with Crippen molar-refractivity contribution >= 4 is 65.9 Å². The van der Waals surface area contributed by atoms with Gasteiger partial charge in [-0.3, -0.25) is 48.8 Å². The molecule has 24 nitrogen and oxygen atoms in total. The number of anilines is 2. The van der Waals surface area contributed by atoms with Crippen molar-refractivity contribution in [3.05, 3.63) is 95.2 Å². The summed E-state index contributed by atoms with van der Waals surface area (Å²) in [6, 6.07) is 4.85. The van der Waals surface area contributed by atoms with Crippen LogP contribution >= 0.6 is 22.7 Å². The molecule has 4 aliphatic rings. The Morgan fingerprint density at radius 3 is 1.77 bits per heavy atom. The Balaban J connectivity index is 0.823. The van der Waals surface area contributed by atoms with E-state index in [1.807, 2.05) is 20.8 Å². The number of amides is 2. The third kappa shape index (κ3) is 13.7. The van der Waals surface area contributed by atoms with Crippen LogP contribution in [-0.4, -0.2) is 167 Å². The molecule has 10 rings (SSSR count). The minimum absolute atomic E-state index is 0.0521. The second kappa shape index (κ2) is 24.3. The Labute approximate surface area is 459 Å². The smallest absolute Gasteiger partial charge is 0.280 e. The molecule has 6 aromatic rings. The number of carbonyl (C=O) groups excluding carboxylic acids is 2. The number of nitrogens with one attached hydrogen (secondary N) is 4. The molecular formula is C50H60N14O10S4. The third-order valence-corrected chi connectivity index (χ3v) is 19.4.